The molecule has 2 heterocycles. The highest BCUT2D eigenvalue weighted by Gasteiger charge is 2.39. The summed E-state index contributed by atoms with van der Waals surface area (Å²) in [6.07, 6.45) is -4.07. The summed E-state index contributed by atoms with van der Waals surface area (Å²) >= 11 is 0. The molecule has 0 fully saturated rings. The number of rotatable bonds is 8. The van der Waals surface area contributed by atoms with Crippen LogP contribution in [-0.2, 0) is 16.6 Å². The summed E-state index contributed by atoms with van der Waals surface area (Å²) in [5.74, 6) is -1.99. The van der Waals surface area contributed by atoms with Crippen molar-refractivity contribution in [1.29, 1.82) is 5.26 Å². The summed E-state index contributed by atoms with van der Waals surface area (Å²) < 4.78 is 109. The standard InChI is InChI=1S/C20H16F6N4O4S/c1-10(20(24,25)26)29-35(32,33)11-2-3-15(28-9-11)18-13(8-27)12-6-14(21)17(34-19(22)23)7-16(12)30(18)4-5-31/h2-3,6-7,9-10,19,29,31H,4-5H2,1H3/t10-/m0/s1. The Bertz CT molecular complexity index is 1380. The Kier molecular flexibility index (Phi) is 7.29. The minimum atomic E-state index is -4.82. The molecule has 188 valence electrons. The van der Waals surface area contributed by atoms with Crippen LogP contribution in [0.15, 0.2) is 35.4 Å². The molecule has 0 amide bonds. The largest absolute Gasteiger partial charge is 0.432 e. The van der Waals surface area contributed by atoms with Gasteiger partial charge in [-0.25, -0.2) is 12.8 Å². The first-order valence-electron chi connectivity index (χ1n) is 9.67. The maximum atomic E-state index is 14.3. The van der Waals surface area contributed by atoms with Crippen molar-refractivity contribution in [2.45, 2.75) is 37.2 Å². The highest BCUT2D eigenvalue weighted by atomic mass is 32.2. The molecule has 1 aromatic carbocycles. The van der Waals surface area contributed by atoms with E-state index >= 15 is 0 Å². The van der Waals surface area contributed by atoms with Crippen LogP contribution in [0.4, 0.5) is 26.3 Å². The second kappa shape index (κ2) is 9.72. The Morgan fingerprint density at radius 1 is 1.29 bits per heavy atom. The number of aliphatic hydroxyl groups excluding tert-OH is 1. The highest BCUT2D eigenvalue weighted by molar-refractivity contribution is 7.89. The average Bonchev–Trinajstić information content (AvgIpc) is 3.05. The van der Waals surface area contributed by atoms with Crippen LogP contribution in [0.3, 0.4) is 0 Å². The van der Waals surface area contributed by atoms with Gasteiger partial charge in [-0.3, -0.25) is 4.98 Å². The fourth-order valence-corrected chi connectivity index (χ4v) is 4.47. The van der Waals surface area contributed by atoms with Gasteiger partial charge in [0.25, 0.3) is 0 Å². The van der Waals surface area contributed by atoms with E-state index in [4.69, 9.17) is 0 Å². The molecule has 0 spiro atoms. The summed E-state index contributed by atoms with van der Waals surface area (Å²) in [5.41, 5.74) is -0.179. The normalized spacial score (nSPS) is 13.3. The molecule has 3 aromatic rings. The molecule has 3 rings (SSSR count). The van der Waals surface area contributed by atoms with Crippen molar-refractivity contribution in [1.82, 2.24) is 14.3 Å². The van der Waals surface area contributed by atoms with Crippen molar-refractivity contribution in [2.24, 2.45) is 0 Å². The van der Waals surface area contributed by atoms with Gasteiger partial charge in [-0.05, 0) is 25.1 Å². The minimum Gasteiger partial charge on any atom is -0.432 e. The first-order valence-corrected chi connectivity index (χ1v) is 11.2. The first kappa shape index (κ1) is 26.3. The van der Waals surface area contributed by atoms with Crippen molar-refractivity contribution in [2.75, 3.05) is 6.61 Å². The van der Waals surface area contributed by atoms with Crippen molar-refractivity contribution < 1.29 is 44.6 Å². The predicted octanol–water partition coefficient (Wildman–Crippen LogP) is 3.54. The van der Waals surface area contributed by atoms with E-state index in [-0.39, 0.29) is 34.4 Å². The summed E-state index contributed by atoms with van der Waals surface area (Å²) in [6.45, 7) is -3.39. The Hall–Kier alpha value is -3.35. The lowest BCUT2D eigenvalue weighted by molar-refractivity contribution is -0.147. The number of nitrogens with one attached hydrogen (secondary N) is 1. The number of ether oxygens (including phenoxy) is 1. The lowest BCUT2D eigenvalue weighted by atomic mass is 10.1. The van der Waals surface area contributed by atoms with Crippen molar-refractivity contribution in [3.05, 3.63) is 41.8 Å². The number of hydrogen-bond acceptors (Lipinski definition) is 6. The second-order valence-corrected chi connectivity index (χ2v) is 8.87. The van der Waals surface area contributed by atoms with Gasteiger partial charge >= 0.3 is 12.8 Å². The molecular formula is C20H16F6N4O4S. The molecule has 2 aromatic heterocycles. The van der Waals surface area contributed by atoms with Gasteiger partial charge in [0.05, 0.1) is 29.1 Å². The van der Waals surface area contributed by atoms with E-state index in [1.54, 1.807) is 0 Å². The molecule has 0 aliphatic rings. The molecule has 0 aliphatic carbocycles. The van der Waals surface area contributed by atoms with E-state index in [0.29, 0.717) is 6.92 Å². The van der Waals surface area contributed by atoms with Gasteiger partial charge in [0.2, 0.25) is 10.0 Å². The number of nitrogens with zero attached hydrogens (tertiary/aromatic N) is 3. The third-order valence-corrected chi connectivity index (χ3v) is 6.41. The summed E-state index contributed by atoms with van der Waals surface area (Å²) in [7, 11) is -4.61. The second-order valence-electron chi connectivity index (χ2n) is 7.15. The average molecular weight is 522 g/mol. The minimum absolute atomic E-state index is 0.00860. The molecule has 1 atom stereocenters. The van der Waals surface area contributed by atoms with Gasteiger partial charge in [0.15, 0.2) is 11.6 Å². The zero-order chi connectivity index (χ0) is 26.1. The Morgan fingerprint density at radius 3 is 2.49 bits per heavy atom. The maximum Gasteiger partial charge on any atom is 0.404 e. The third kappa shape index (κ3) is 5.34. The van der Waals surface area contributed by atoms with Crippen molar-refractivity contribution in [3.63, 3.8) is 0 Å². The summed E-state index contributed by atoms with van der Waals surface area (Å²) in [6, 6.07) is 3.22. The zero-order valence-electron chi connectivity index (χ0n) is 17.6. The van der Waals surface area contributed by atoms with E-state index in [1.807, 2.05) is 6.07 Å². The van der Waals surface area contributed by atoms with E-state index in [0.717, 1.165) is 30.5 Å². The molecule has 0 aliphatic heterocycles. The molecular weight excluding hydrogens is 506 g/mol. The van der Waals surface area contributed by atoms with Crippen LogP contribution in [-0.4, -0.2) is 48.5 Å². The molecule has 8 nitrogen and oxygen atoms in total. The molecule has 2 N–H and O–H groups in total. The van der Waals surface area contributed by atoms with Gasteiger partial charge in [-0.1, -0.05) is 0 Å². The first-order chi connectivity index (χ1) is 16.3. The Balaban J connectivity index is 2.14. The number of fused-ring (bicyclic) bond motifs is 1. The molecule has 35 heavy (non-hydrogen) atoms. The topological polar surface area (TPSA) is 117 Å². The van der Waals surface area contributed by atoms with Gasteiger partial charge in [0.1, 0.15) is 17.0 Å². The number of benzene rings is 1. The van der Waals surface area contributed by atoms with E-state index < -0.39 is 51.9 Å². The van der Waals surface area contributed by atoms with Crippen LogP contribution in [0.2, 0.25) is 0 Å². The van der Waals surface area contributed by atoms with Crippen LogP contribution in [0.25, 0.3) is 22.3 Å². The molecule has 15 heteroatoms. The number of aliphatic hydroxyl groups is 1. The lowest BCUT2D eigenvalue weighted by Crippen LogP contribution is -2.42. The summed E-state index contributed by atoms with van der Waals surface area (Å²) in [5, 5.41) is 19.1. The van der Waals surface area contributed by atoms with E-state index in [9.17, 15) is 45.1 Å². The molecule has 0 radical (unpaired) electrons. The monoisotopic (exact) mass is 522 g/mol. The highest BCUT2D eigenvalue weighted by Crippen LogP contribution is 2.36. The summed E-state index contributed by atoms with van der Waals surface area (Å²) in [4.78, 5) is 3.33. The quantitative estimate of drug-likeness (QED) is 0.437. The zero-order valence-corrected chi connectivity index (χ0v) is 18.5. The molecule has 0 saturated heterocycles. The molecule has 0 saturated carbocycles. The van der Waals surface area contributed by atoms with Crippen molar-refractivity contribution >= 4 is 20.9 Å². The molecule has 0 unspecified atom stereocenters. The fourth-order valence-electron chi connectivity index (χ4n) is 3.29. The number of halogens is 6. The number of aromatic nitrogens is 2. The predicted molar refractivity (Wildman–Crippen MR) is 109 cm³/mol. The lowest BCUT2D eigenvalue weighted by Gasteiger charge is -2.17. The molecule has 0 bridgehead atoms. The SMILES string of the molecule is C[C@H](NS(=O)(=O)c1ccc(-c2c(C#N)c3cc(F)c(OC(F)F)cc3n2CCO)nc1)C(F)(F)F. The third-order valence-electron chi connectivity index (χ3n) is 4.88. The van der Waals surface area contributed by atoms with Crippen LogP contribution in [0, 0.1) is 17.1 Å². The Morgan fingerprint density at radius 2 is 1.97 bits per heavy atom. The van der Waals surface area contributed by atoms with Crippen molar-refractivity contribution in [3.8, 4) is 23.2 Å². The van der Waals surface area contributed by atoms with Gasteiger partial charge in [0, 0.05) is 24.2 Å². The van der Waals surface area contributed by atoms with Crippen LogP contribution in [0.1, 0.15) is 12.5 Å². The number of nitriles is 1. The Labute approximate surface area is 194 Å². The number of sulfonamides is 1. The van der Waals surface area contributed by atoms with Gasteiger partial charge in [-0.2, -0.15) is 31.9 Å². The van der Waals surface area contributed by atoms with E-state index in [2.05, 4.69) is 9.72 Å². The van der Waals surface area contributed by atoms with E-state index in [1.165, 1.54) is 9.29 Å². The van der Waals surface area contributed by atoms with Crippen LogP contribution >= 0.6 is 0 Å². The number of alkyl halides is 5. The number of hydrogen-bond donors (Lipinski definition) is 2. The van der Waals surface area contributed by atoms with Gasteiger partial charge in [-0.15, -0.1) is 0 Å². The maximum absolute atomic E-state index is 14.3. The van der Waals surface area contributed by atoms with Crippen LogP contribution in [0.5, 0.6) is 5.75 Å². The van der Waals surface area contributed by atoms with Crippen LogP contribution < -0.4 is 9.46 Å². The number of pyridine rings is 1. The fraction of sp³-hybridized carbons (Fsp3) is 0.300. The smallest absolute Gasteiger partial charge is 0.404 e. The van der Waals surface area contributed by atoms with Gasteiger partial charge < -0.3 is 14.4 Å².